The van der Waals surface area contributed by atoms with Crippen LogP contribution in [-0.4, -0.2) is 23.2 Å². The van der Waals surface area contributed by atoms with Gasteiger partial charge in [0.2, 0.25) is 0 Å². The Morgan fingerprint density at radius 3 is 2.50 bits per heavy atom. The Morgan fingerprint density at radius 2 is 1.82 bits per heavy atom. The maximum absolute atomic E-state index is 13.2. The Labute approximate surface area is 176 Å². The van der Waals surface area contributed by atoms with E-state index in [0.29, 0.717) is 0 Å². The SMILES string of the molecule is Cc1cc(/C=N\NC(=O)CNc2ccc(I)cc2)c(C)n1-c1ccc(F)cc1. The molecule has 0 spiro atoms. The number of anilines is 1. The second-order valence-electron chi connectivity index (χ2n) is 6.29. The van der Waals surface area contributed by atoms with Crippen LogP contribution in [0.25, 0.3) is 5.69 Å². The first-order chi connectivity index (χ1) is 13.4. The lowest BCUT2D eigenvalue weighted by Gasteiger charge is -2.09. The topological polar surface area (TPSA) is 58.4 Å². The smallest absolute Gasteiger partial charge is 0.259 e. The van der Waals surface area contributed by atoms with Gasteiger partial charge in [-0.05, 0) is 91.0 Å². The predicted molar refractivity (Wildman–Crippen MR) is 119 cm³/mol. The minimum absolute atomic E-state index is 0.131. The summed E-state index contributed by atoms with van der Waals surface area (Å²) in [5.41, 5.74) is 7.11. The largest absolute Gasteiger partial charge is 0.376 e. The third kappa shape index (κ3) is 4.98. The van der Waals surface area contributed by atoms with Gasteiger partial charge in [-0.3, -0.25) is 4.79 Å². The van der Waals surface area contributed by atoms with E-state index in [2.05, 4.69) is 38.4 Å². The molecule has 3 aromatic rings. The van der Waals surface area contributed by atoms with E-state index in [0.717, 1.165) is 31.9 Å². The highest BCUT2D eigenvalue weighted by Gasteiger charge is 2.09. The lowest BCUT2D eigenvalue weighted by molar-refractivity contribution is -0.119. The first-order valence-electron chi connectivity index (χ1n) is 8.70. The van der Waals surface area contributed by atoms with Gasteiger partial charge >= 0.3 is 0 Å². The average Bonchev–Trinajstić information content (AvgIpc) is 2.96. The number of amides is 1. The monoisotopic (exact) mass is 490 g/mol. The molecular formula is C21H20FIN4O. The number of carbonyl (C=O) groups is 1. The molecule has 2 N–H and O–H groups in total. The molecule has 1 heterocycles. The van der Waals surface area contributed by atoms with E-state index in [1.165, 1.54) is 12.1 Å². The van der Waals surface area contributed by atoms with Gasteiger partial charge in [0.15, 0.2) is 0 Å². The van der Waals surface area contributed by atoms with Gasteiger partial charge in [-0.2, -0.15) is 5.10 Å². The summed E-state index contributed by atoms with van der Waals surface area (Å²) in [6, 6.07) is 16.1. The van der Waals surface area contributed by atoms with Gasteiger partial charge < -0.3 is 9.88 Å². The molecule has 0 fully saturated rings. The predicted octanol–water partition coefficient (Wildman–Crippen LogP) is 4.40. The Kier molecular flexibility index (Phi) is 6.45. The van der Waals surface area contributed by atoms with Gasteiger partial charge in [-0.25, -0.2) is 9.82 Å². The van der Waals surface area contributed by atoms with Crippen LogP contribution in [0.4, 0.5) is 10.1 Å². The highest BCUT2D eigenvalue weighted by atomic mass is 127. The van der Waals surface area contributed by atoms with Crippen LogP contribution in [0.15, 0.2) is 59.7 Å². The molecule has 0 radical (unpaired) electrons. The van der Waals surface area contributed by atoms with E-state index in [1.54, 1.807) is 18.3 Å². The summed E-state index contributed by atoms with van der Waals surface area (Å²) >= 11 is 2.23. The standard InChI is InChI=1S/C21H20FIN4O/c1-14-11-16(15(2)27(14)20-9-3-17(22)4-10-20)12-25-26-21(28)13-24-19-7-5-18(23)6-8-19/h3-12,24H,13H2,1-2H3,(H,26,28)/b25-12-. The van der Waals surface area contributed by atoms with Crippen molar-refractivity contribution in [3.8, 4) is 5.69 Å². The number of hydrogen-bond acceptors (Lipinski definition) is 3. The number of hydrazone groups is 1. The molecule has 1 amide bonds. The molecule has 144 valence electrons. The summed E-state index contributed by atoms with van der Waals surface area (Å²) in [5.74, 6) is -0.503. The number of benzene rings is 2. The molecule has 0 unspecified atom stereocenters. The molecule has 0 bridgehead atoms. The zero-order valence-corrected chi connectivity index (χ0v) is 17.7. The molecule has 0 aliphatic carbocycles. The fourth-order valence-electron chi connectivity index (χ4n) is 2.87. The van der Waals surface area contributed by atoms with Crippen molar-refractivity contribution in [3.05, 3.63) is 80.9 Å². The number of aromatic nitrogens is 1. The fourth-order valence-corrected chi connectivity index (χ4v) is 3.23. The number of nitrogens with zero attached hydrogens (tertiary/aromatic N) is 2. The molecule has 0 saturated carbocycles. The molecular weight excluding hydrogens is 470 g/mol. The van der Waals surface area contributed by atoms with E-state index in [-0.39, 0.29) is 18.3 Å². The van der Waals surface area contributed by atoms with Crippen molar-refractivity contribution in [2.24, 2.45) is 5.10 Å². The van der Waals surface area contributed by atoms with Gasteiger partial charge in [-0.1, -0.05) is 0 Å². The van der Waals surface area contributed by atoms with Crippen LogP contribution in [0.5, 0.6) is 0 Å². The van der Waals surface area contributed by atoms with Crippen molar-refractivity contribution in [1.29, 1.82) is 0 Å². The third-order valence-corrected chi connectivity index (χ3v) is 4.96. The lowest BCUT2D eigenvalue weighted by Crippen LogP contribution is -2.25. The molecule has 0 aliphatic heterocycles. The minimum Gasteiger partial charge on any atom is -0.376 e. The molecule has 0 atom stereocenters. The third-order valence-electron chi connectivity index (χ3n) is 4.25. The van der Waals surface area contributed by atoms with Crippen LogP contribution < -0.4 is 10.7 Å². The number of nitrogens with one attached hydrogen (secondary N) is 2. The molecule has 5 nitrogen and oxygen atoms in total. The number of rotatable bonds is 6. The first-order valence-corrected chi connectivity index (χ1v) is 9.78. The summed E-state index contributed by atoms with van der Waals surface area (Å²) < 4.78 is 16.3. The zero-order chi connectivity index (χ0) is 20.1. The highest BCUT2D eigenvalue weighted by molar-refractivity contribution is 14.1. The molecule has 28 heavy (non-hydrogen) atoms. The molecule has 7 heteroatoms. The number of hydrogen-bond donors (Lipinski definition) is 2. The van der Waals surface area contributed by atoms with Crippen molar-refractivity contribution in [2.45, 2.75) is 13.8 Å². The van der Waals surface area contributed by atoms with Crippen molar-refractivity contribution in [2.75, 3.05) is 11.9 Å². The number of halogens is 2. The quantitative estimate of drug-likeness (QED) is 0.306. The number of carbonyl (C=O) groups excluding carboxylic acids is 1. The normalized spacial score (nSPS) is 11.0. The Hall–Kier alpha value is -2.68. The summed E-state index contributed by atoms with van der Waals surface area (Å²) in [6.45, 7) is 4.06. The van der Waals surface area contributed by atoms with Crippen molar-refractivity contribution in [3.63, 3.8) is 0 Å². The second-order valence-corrected chi connectivity index (χ2v) is 7.54. The van der Waals surface area contributed by atoms with Crippen LogP contribution in [0.2, 0.25) is 0 Å². The highest BCUT2D eigenvalue weighted by Crippen LogP contribution is 2.20. The van der Waals surface area contributed by atoms with Crippen LogP contribution in [0, 0.1) is 23.2 Å². The Morgan fingerprint density at radius 1 is 1.14 bits per heavy atom. The minimum atomic E-state index is -0.269. The second kappa shape index (κ2) is 9.01. The first kappa shape index (κ1) is 20.1. The lowest BCUT2D eigenvalue weighted by atomic mass is 10.2. The number of aryl methyl sites for hydroxylation is 1. The van der Waals surface area contributed by atoms with E-state index in [9.17, 15) is 9.18 Å². The summed E-state index contributed by atoms with van der Waals surface area (Å²) in [5, 5.41) is 7.10. The van der Waals surface area contributed by atoms with E-state index in [4.69, 9.17) is 0 Å². The molecule has 3 rings (SSSR count). The van der Waals surface area contributed by atoms with Gasteiger partial charge in [-0.15, -0.1) is 0 Å². The molecule has 2 aromatic carbocycles. The van der Waals surface area contributed by atoms with Crippen molar-refractivity contribution >= 4 is 40.4 Å². The summed E-state index contributed by atoms with van der Waals surface area (Å²) in [6.07, 6.45) is 1.62. The van der Waals surface area contributed by atoms with Crippen LogP contribution in [0.3, 0.4) is 0 Å². The van der Waals surface area contributed by atoms with Crippen molar-refractivity contribution < 1.29 is 9.18 Å². The maximum atomic E-state index is 13.2. The Bertz CT molecular complexity index is 994. The van der Waals surface area contributed by atoms with Gasteiger partial charge in [0, 0.05) is 31.9 Å². The zero-order valence-electron chi connectivity index (χ0n) is 15.5. The maximum Gasteiger partial charge on any atom is 0.259 e. The Balaban J connectivity index is 1.61. The van der Waals surface area contributed by atoms with E-state index < -0.39 is 0 Å². The van der Waals surface area contributed by atoms with Crippen LogP contribution in [-0.2, 0) is 4.79 Å². The average molecular weight is 490 g/mol. The molecule has 0 saturated heterocycles. The molecule has 1 aromatic heterocycles. The van der Waals surface area contributed by atoms with Gasteiger partial charge in [0.25, 0.3) is 5.91 Å². The summed E-state index contributed by atoms with van der Waals surface area (Å²) in [7, 11) is 0. The molecule has 0 aliphatic rings. The van der Waals surface area contributed by atoms with E-state index in [1.807, 2.05) is 48.7 Å². The summed E-state index contributed by atoms with van der Waals surface area (Å²) in [4.78, 5) is 12.0. The van der Waals surface area contributed by atoms with Crippen LogP contribution >= 0.6 is 22.6 Å². The van der Waals surface area contributed by atoms with Crippen molar-refractivity contribution in [1.82, 2.24) is 9.99 Å². The van der Waals surface area contributed by atoms with Gasteiger partial charge in [0.1, 0.15) is 5.82 Å². The van der Waals surface area contributed by atoms with E-state index >= 15 is 0 Å². The fraction of sp³-hybridized carbons (Fsp3) is 0.143. The van der Waals surface area contributed by atoms with Crippen LogP contribution in [0.1, 0.15) is 17.0 Å². The van der Waals surface area contributed by atoms with Gasteiger partial charge in [0.05, 0.1) is 12.8 Å².